The first-order chi connectivity index (χ1) is 8.44. The van der Waals surface area contributed by atoms with Gasteiger partial charge in [0.05, 0.1) is 5.75 Å². The molecule has 0 aromatic carbocycles. The van der Waals surface area contributed by atoms with Crippen molar-refractivity contribution in [2.24, 2.45) is 17.8 Å². The molecule has 2 unspecified atom stereocenters. The summed E-state index contributed by atoms with van der Waals surface area (Å²) in [7, 11) is -2.76. The minimum Gasteiger partial charge on any atom is -0.316 e. The molecule has 0 heterocycles. The molecule has 18 heavy (non-hydrogen) atoms. The summed E-state index contributed by atoms with van der Waals surface area (Å²) in [5, 5.41) is 3.52. The molecule has 1 rings (SSSR count). The lowest BCUT2D eigenvalue weighted by Crippen LogP contribution is -2.36. The first-order valence-electron chi connectivity index (χ1n) is 7.35. The molecule has 0 aromatic heterocycles. The summed E-state index contributed by atoms with van der Waals surface area (Å²) in [6, 6.07) is 0. The van der Waals surface area contributed by atoms with Gasteiger partial charge in [-0.1, -0.05) is 20.8 Å². The number of rotatable bonds is 9. The highest BCUT2D eigenvalue weighted by atomic mass is 32.2. The van der Waals surface area contributed by atoms with Gasteiger partial charge in [0, 0.05) is 5.75 Å². The van der Waals surface area contributed by atoms with Crippen LogP contribution in [0.2, 0.25) is 0 Å². The van der Waals surface area contributed by atoms with E-state index in [1.807, 2.05) is 0 Å². The van der Waals surface area contributed by atoms with E-state index in [9.17, 15) is 8.42 Å². The molecule has 1 N–H and O–H groups in total. The molecule has 108 valence electrons. The molecule has 2 atom stereocenters. The van der Waals surface area contributed by atoms with Gasteiger partial charge in [-0.25, -0.2) is 8.42 Å². The molecule has 0 aromatic rings. The lowest BCUT2D eigenvalue weighted by Gasteiger charge is -2.37. The summed E-state index contributed by atoms with van der Waals surface area (Å²) in [5.41, 5.74) is 0. The zero-order chi connectivity index (χ0) is 13.6. The zero-order valence-corrected chi connectivity index (χ0v) is 12.9. The minimum absolute atomic E-state index is 0.289. The van der Waals surface area contributed by atoms with E-state index in [0.29, 0.717) is 11.7 Å². The van der Waals surface area contributed by atoms with E-state index in [-0.39, 0.29) is 5.75 Å². The Morgan fingerprint density at radius 3 is 2.39 bits per heavy atom. The van der Waals surface area contributed by atoms with Crippen molar-refractivity contribution in [1.29, 1.82) is 0 Å². The second kappa shape index (κ2) is 7.49. The maximum atomic E-state index is 11.4. The van der Waals surface area contributed by atoms with E-state index < -0.39 is 9.84 Å². The maximum absolute atomic E-state index is 11.4. The van der Waals surface area contributed by atoms with Crippen molar-refractivity contribution < 1.29 is 8.42 Å². The molecule has 1 fully saturated rings. The van der Waals surface area contributed by atoms with Crippen molar-refractivity contribution in [1.82, 2.24) is 5.32 Å². The van der Waals surface area contributed by atoms with Crippen LogP contribution >= 0.6 is 0 Å². The van der Waals surface area contributed by atoms with Gasteiger partial charge in [-0.2, -0.15) is 0 Å². The van der Waals surface area contributed by atoms with Crippen molar-refractivity contribution >= 4 is 9.84 Å². The molecule has 0 spiro atoms. The van der Waals surface area contributed by atoms with E-state index in [1.54, 1.807) is 6.92 Å². The summed E-state index contributed by atoms with van der Waals surface area (Å²) in [5.74, 6) is 2.92. The Hall–Kier alpha value is -0.0900. The average molecular weight is 275 g/mol. The van der Waals surface area contributed by atoms with Gasteiger partial charge < -0.3 is 5.32 Å². The largest absolute Gasteiger partial charge is 0.316 e. The quantitative estimate of drug-likeness (QED) is 0.703. The van der Waals surface area contributed by atoms with E-state index in [0.717, 1.165) is 37.8 Å². The summed E-state index contributed by atoms with van der Waals surface area (Å²) < 4.78 is 22.8. The Bertz CT molecular complexity index is 325. The number of sulfone groups is 1. The molecule has 1 saturated carbocycles. The lowest BCUT2D eigenvalue weighted by molar-refractivity contribution is 0.158. The monoisotopic (exact) mass is 275 g/mol. The number of hydrogen-bond donors (Lipinski definition) is 1. The van der Waals surface area contributed by atoms with Gasteiger partial charge in [0.15, 0.2) is 0 Å². The Labute approximate surface area is 113 Å². The van der Waals surface area contributed by atoms with E-state index in [2.05, 4.69) is 19.2 Å². The van der Waals surface area contributed by atoms with Gasteiger partial charge in [-0.05, 0) is 56.5 Å². The number of hydrogen-bond acceptors (Lipinski definition) is 3. The highest BCUT2D eigenvalue weighted by molar-refractivity contribution is 7.91. The fourth-order valence-electron chi connectivity index (χ4n) is 2.55. The lowest BCUT2D eigenvalue weighted by atomic mass is 9.71. The van der Waals surface area contributed by atoms with Crippen LogP contribution in [0.1, 0.15) is 46.5 Å². The SMILES string of the molecule is CCS(=O)(=O)CCCC1CCC1CNCC(C)C. The Morgan fingerprint density at radius 2 is 1.89 bits per heavy atom. The molecule has 1 aliphatic carbocycles. The van der Waals surface area contributed by atoms with Crippen molar-refractivity contribution in [3.8, 4) is 0 Å². The normalized spacial score (nSPS) is 24.2. The second-order valence-electron chi connectivity index (χ2n) is 6.03. The molecular weight excluding hydrogens is 246 g/mol. The molecule has 0 bridgehead atoms. The smallest absolute Gasteiger partial charge is 0.150 e. The molecule has 0 saturated heterocycles. The van der Waals surface area contributed by atoms with Gasteiger partial charge in [0.1, 0.15) is 9.84 Å². The number of nitrogens with one attached hydrogen (secondary N) is 1. The molecular formula is C14H29NO2S. The first-order valence-corrected chi connectivity index (χ1v) is 9.18. The van der Waals surface area contributed by atoms with E-state index in [1.165, 1.54) is 12.8 Å². The van der Waals surface area contributed by atoms with Gasteiger partial charge >= 0.3 is 0 Å². The summed E-state index contributed by atoms with van der Waals surface area (Å²) in [4.78, 5) is 0. The maximum Gasteiger partial charge on any atom is 0.150 e. The zero-order valence-electron chi connectivity index (χ0n) is 12.1. The summed E-state index contributed by atoms with van der Waals surface area (Å²) in [6.45, 7) is 8.38. The standard InChI is InChI=1S/C14H29NO2S/c1-4-18(16,17)9-5-6-13-7-8-14(13)11-15-10-12(2)3/h12-15H,4-11H2,1-3H3. The first kappa shape index (κ1) is 16.0. The predicted molar refractivity (Wildman–Crippen MR) is 77.5 cm³/mol. The van der Waals surface area contributed by atoms with Crippen molar-refractivity contribution in [2.45, 2.75) is 46.5 Å². The van der Waals surface area contributed by atoms with E-state index >= 15 is 0 Å². The van der Waals surface area contributed by atoms with Crippen LogP contribution < -0.4 is 5.32 Å². The topological polar surface area (TPSA) is 46.2 Å². The van der Waals surface area contributed by atoms with Crippen LogP contribution in [0, 0.1) is 17.8 Å². The van der Waals surface area contributed by atoms with Crippen LogP contribution in [-0.4, -0.2) is 33.0 Å². The third-order valence-corrected chi connectivity index (χ3v) is 5.79. The predicted octanol–water partition coefficient (Wildman–Crippen LogP) is 2.47. The van der Waals surface area contributed by atoms with Crippen LogP contribution in [0.3, 0.4) is 0 Å². The minimum atomic E-state index is -2.76. The summed E-state index contributed by atoms with van der Waals surface area (Å²) in [6.07, 6.45) is 4.55. The third kappa shape index (κ3) is 5.70. The molecule has 0 radical (unpaired) electrons. The Kier molecular flexibility index (Phi) is 6.64. The fourth-order valence-corrected chi connectivity index (χ4v) is 3.45. The van der Waals surface area contributed by atoms with Crippen molar-refractivity contribution in [2.75, 3.05) is 24.6 Å². The van der Waals surface area contributed by atoms with Crippen LogP contribution in [0.15, 0.2) is 0 Å². The third-order valence-electron chi connectivity index (χ3n) is 4.00. The molecule has 0 aliphatic heterocycles. The highest BCUT2D eigenvalue weighted by Gasteiger charge is 2.29. The highest BCUT2D eigenvalue weighted by Crippen LogP contribution is 2.37. The van der Waals surface area contributed by atoms with Crippen LogP contribution in [-0.2, 0) is 9.84 Å². The van der Waals surface area contributed by atoms with Crippen molar-refractivity contribution in [3.05, 3.63) is 0 Å². The second-order valence-corrected chi connectivity index (χ2v) is 8.50. The van der Waals surface area contributed by atoms with Gasteiger partial charge in [0.25, 0.3) is 0 Å². The average Bonchev–Trinajstić information content (AvgIpc) is 2.28. The van der Waals surface area contributed by atoms with E-state index in [4.69, 9.17) is 0 Å². The Balaban J connectivity index is 2.12. The van der Waals surface area contributed by atoms with Gasteiger partial charge in [-0.3, -0.25) is 0 Å². The molecule has 4 heteroatoms. The molecule has 0 amide bonds. The van der Waals surface area contributed by atoms with Crippen molar-refractivity contribution in [3.63, 3.8) is 0 Å². The van der Waals surface area contributed by atoms with Gasteiger partial charge in [0.2, 0.25) is 0 Å². The fraction of sp³-hybridized carbons (Fsp3) is 1.00. The van der Waals surface area contributed by atoms with Crippen LogP contribution in [0.5, 0.6) is 0 Å². The molecule has 3 nitrogen and oxygen atoms in total. The van der Waals surface area contributed by atoms with Crippen LogP contribution in [0.25, 0.3) is 0 Å². The molecule has 1 aliphatic rings. The van der Waals surface area contributed by atoms with Crippen LogP contribution in [0.4, 0.5) is 0 Å². The Morgan fingerprint density at radius 1 is 1.22 bits per heavy atom. The van der Waals surface area contributed by atoms with Gasteiger partial charge in [-0.15, -0.1) is 0 Å². The summed E-state index contributed by atoms with van der Waals surface area (Å²) >= 11 is 0.